The molecule has 0 radical (unpaired) electrons. The Kier molecular flexibility index (Phi) is 7.57. The van der Waals surface area contributed by atoms with Crippen LogP contribution in [0.15, 0.2) is 83.9 Å². The number of fused-ring (bicyclic) bond motifs is 4. The molecule has 4 bridgehead atoms. The van der Waals surface area contributed by atoms with Gasteiger partial charge in [0.15, 0.2) is 0 Å². The van der Waals surface area contributed by atoms with E-state index in [4.69, 9.17) is 4.98 Å². The number of rotatable bonds is 4. The molecular formula is C29H29FN6OS. The molecular weight excluding hydrogens is 499 g/mol. The summed E-state index contributed by atoms with van der Waals surface area (Å²) in [5.41, 5.74) is 2.61. The molecule has 0 fully saturated rings. The van der Waals surface area contributed by atoms with Crippen LogP contribution in [0.5, 0.6) is 0 Å². The highest BCUT2D eigenvalue weighted by atomic mass is 32.2. The van der Waals surface area contributed by atoms with Gasteiger partial charge in [-0.2, -0.15) is 4.98 Å². The van der Waals surface area contributed by atoms with Crippen molar-refractivity contribution in [2.45, 2.75) is 30.6 Å². The van der Waals surface area contributed by atoms with Gasteiger partial charge >= 0.3 is 0 Å². The molecule has 9 heteroatoms. The predicted octanol–water partition coefficient (Wildman–Crippen LogP) is 6.35. The first-order valence-corrected chi connectivity index (χ1v) is 13.3. The summed E-state index contributed by atoms with van der Waals surface area (Å²) < 4.78 is 17.7. The zero-order valence-electron chi connectivity index (χ0n) is 21.2. The molecule has 5 rings (SSSR count). The van der Waals surface area contributed by atoms with Gasteiger partial charge in [-0.05, 0) is 74.2 Å². The molecule has 4 aromatic rings. The van der Waals surface area contributed by atoms with Crippen LogP contribution in [0, 0.1) is 5.82 Å². The van der Waals surface area contributed by atoms with Crippen LogP contribution in [0.2, 0.25) is 0 Å². The van der Waals surface area contributed by atoms with Gasteiger partial charge < -0.3 is 16.0 Å². The quantitative estimate of drug-likeness (QED) is 0.229. The average molecular weight is 529 g/mol. The zero-order chi connectivity index (χ0) is 26.5. The summed E-state index contributed by atoms with van der Waals surface area (Å²) in [5.74, 6) is 0.544. The van der Waals surface area contributed by atoms with Crippen molar-refractivity contribution in [2.75, 3.05) is 29.0 Å². The van der Waals surface area contributed by atoms with Crippen LogP contribution in [0.4, 0.5) is 27.5 Å². The van der Waals surface area contributed by atoms with Crippen molar-refractivity contribution in [1.29, 1.82) is 0 Å². The molecule has 3 aromatic carbocycles. The van der Waals surface area contributed by atoms with Crippen LogP contribution in [0.25, 0.3) is 11.1 Å². The van der Waals surface area contributed by atoms with Crippen molar-refractivity contribution in [3.63, 3.8) is 0 Å². The third-order valence-corrected chi connectivity index (χ3v) is 7.22. The summed E-state index contributed by atoms with van der Waals surface area (Å²) in [6.45, 7) is 5.02. The molecule has 7 nitrogen and oxygen atoms in total. The van der Waals surface area contributed by atoms with E-state index in [1.165, 1.54) is 6.07 Å². The smallest absolute Gasteiger partial charge is 0.234 e. The summed E-state index contributed by atoms with van der Waals surface area (Å²) in [5, 5.41) is 9.65. The Morgan fingerprint density at radius 2 is 1.84 bits per heavy atom. The van der Waals surface area contributed by atoms with Gasteiger partial charge in [-0.3, -0.25) is 9.52 Å². The number of nitrogens with one attached hydrogen (secondary N) is 4. The van der Waals surface area contributed by atoms with Crippen LogP contribution < -0.4 is 20.7 Å². The Labute approximate surface area is 225 Å². The Morgan fingerprint density at radius 1 is 1.03 bits per heavy atom. The molecule has 4 N–H and O–H groups in total. The zero-order valence-corrected chi connectivity index (χ0v) is 22.0. The van der Waals surface area contributed by atoms with E-state index in [2.05, 4.69) is 37.8 Å². The Bertz CT molecular complexity index is 1440. The number of amides is 1. The van der Waals surface area contributed by atoms with Crippen molar-refractivity contribution in [2.24, 2.45) is 0 Å². The van der Waals surface area contributed by atoms with Crippen molar-refractivity contribution in [3.8, 4) is 11.1 Å². The van der Waals surface area contributed by atoms with Gasteiger partial charge in [0, 0.05) is 46.7 Å². The fourth-order valence-corrected chi connectivity index (χ4v) is 4.91. The van der Waals surface area contributed by atoms with Crippen molar-refractivity contribution < 1.29 is 9.18 Å². The van der Waals surface area contributed by atoms with Crippen molar-refractivity contribution >= 4 is 41.0 Å². The van der Waals surface area contributed by atoms with Crippen LogP contribution in [-0.4, -0.2) is 29.0 Å². The first-order valence-electron chi connectivity index (χ1n) is 12.4. The molecule has 1 aliphatic heterocycles. The summed E-state index contributed by atoms with van der Waals surface area (Å²) in [6.07, 6.45) is 2.71. The lowest BCUT2D eigenvalue weighted by atomic mass is 9.83. The lowest BCUT2D eigenvalue weighted by molar-refractivity contribution is -0.120. The number of hydrogen-bond acceptors (Lipinski definition) is 7. The molecule has 0 unspecified atom stereocenters. The summed E-state index contributed by atoms with van der Waals surface area (Å²) >= 11 is 1.60. The molecule has 2 heterocycles. The van der Waals surface area contributed by atoms with Gasteiger partial charge in [-0.1, -0.05) is 36.4 Å². The molecule has 1 amide bonds. The molecule has 194 valence electrons. The molecule has 0 aliphatic carbocycles. The summed E-state index contributed by atoms with van der Waals surface area (Å²) in [7, 11) is 0. The van der Waals surface area contributed by atoms with Gasteiger partial charge in [0.2, 0.25) is 11.9 Å². The topological polar surface area (TPSA) is 91.0 Å². The molecule has 1 aliphatic rings. The van der Waals surface area contributed by atoms with Gasteiger partial charge in [-0.25, -0.2) is 9.37 Å². The second-order valence-electron chi connectivity index (χ2n) is 9.52. The minimum atomic E-state index is -1.04. The number of hydrogen-bond donors (Lipinski definition) is 4. The second-order valence-corrected chi connectivity index (χ2v) is 10.5. The fourth-order valence-electron chi connectivity index (χ4n) is 4.17. The first-order chi connectivity index (χ1) is 18.4. The van der Waals surface area contributed by atoms with Crippen molar-refractivity contribution in [3.05, 3.63) is 90.4 Å². The number of anilines is 4. The number of benzene rings is 3. The average Bonchev–Trinajstić information content (AvgIpc) is 2.92. The van der Waals surface area contributed by atoms with Crippen LogP contribution in [0.1, 0.15) is 25.8 Å². The molecule has 1 aromatic heterocycles. The van der Waals surface area contributed by atoms with Gasteiger partial charge in [0.1, 0.15) is 11.6 Å². The highest BCUT2D eigenvalue weighted by Gasteiger charge is 2.32. The summed E-state index contributed by atoms with van der Waals surface area (Å²) in [6, 6.07) is 21.9. The van der Waals surface area contributed by atoms with E-state index < -0.39 is 11.2 Å². The maximum atomic E-state index is 14.3. The predicted molar refractivity (Wildman–Crippen MR) is 152 cm³/mol. The lowest BCUT2D eigenvalue weighted by Crippen LogP contribution is -2.35. The molecule has 0 atom stereocenters. The number of halogens is 1. The Balaban J connectivity index is 1.36. The molecule has 0 saturated heterocycles. The van der Waals surface area contributed by atoms with Gasteiger partial charge in [0.25, 0.3) is 0 Å². The maximum Gasteiger partial charge on any atom is 0.234 e. The van der Waals surface area contributed by atoms with E-state index in [0.717, 1.165) is 47.0 Å². The van der Waals surface area contributed by atoms with E-state index in [-0.39, 0.29) is 5.91 Å². The molecule has 0 saturated carbocycles. The van der Waals surface area contributed by atoms with Crippen LogP contribution >= 0.6 is 11.9 Å². The van der Waals surface area contributed by atoms with E-state index in [9.17, 15) is 9.18 Å². The Morgan fingerprint density at radius 3 is 2.66 bits per heavy atom. The number of carbonyl (C=O) groups excluding carboxylic acids is 1. The summed E-state index contributed by atoms with van der Waals surface area (Å²) in [4.78, 5) is 23.4. The molecule has 38 heavy (non-hydrogen) atoms. The SMILES string of the molecule is CC(C)(C(=O)Nc1ccc(-c2cnc3nc2NCCCNSc2cccc(c2)N3)cc1)c1ccccc1F. The largest absolute Gasteiger partial charge is 0.369 e. The monoisotopic (exact) mass is 528 g/mol. The van der Waals surface area contributed by atoms with Gasteiger partial charge in [0.05, 0.1) is 5.41 Å². The second kappa shape index (κ2) is 11.2. The van der Waals surface area contributed by atoms with Crippen molar-refractivity contribution in [1.82, 2.24) is 14.7 Å². The Hall–Kier alpha value is -3.95. The van der Waals surface area contributed by atoms with Crippen LogP contribution in [0.3, 0.4) is 0 Å². The minimum Gasteiger partial charge on any atom is -0.369 e. The van der Waals surface area contributed by atoms with Gasteiger partial charge in [-0.15, -0.1) is 0 Å². The standard InChI is InChI=1S/C29H29FN6OS/c1-29(2,24-9-3-4-10-25(24)30)27(37)34-20-13-11-19(12-14-20)23-18-32-28-35-21-7-5-8-22(17-21)38-33-16-6-15-31-26(23)36-28/h3-5,7-14,17-18,33H,6,15-16H2,1-2H3,(H,34,37)(H2,31,32,35,36). The van der Waals surface area contributed by atoms with E-state index in [0.29, 0.717) is 17.2 Å². The normalized spacial score (nSPS) is 13.7. The number of carbonyl (C=O) groups is 1. The number of nitrogens with zero attached hydrogens (tertiary/aromatic N) is 2. The van der Waals surface area contributed by atoms with E-state index in [1.54, 1.807) is 50.2 Å². The third-order valence-electron chi connectivity index (χ3n) is 6.39. The first kappa shape index (κ1) is 25.7. The van der Waals surface area contributed by atoms with E-state index in [1.807, 2.05) is 36.4 Å². The third kappa shape index (κ3) is 5.79. The number of aromatic nitrogens is 2. The maximum absolute atomic E-state index is 14.3. The lowest BCUT2D eigenvalue weighted by Gasteiger charge is -2.24. The highest BCUT2D eigenvalue weighted by Crippen LogP contribution is 2.31. The highest BCUT2D eigenvalue weighted by molar-refractivity contribution is 7.97. The van der Waals surface area contributed by atoms with E-state index >= 15 is 0 Å². The van der Waals surface area contributed by atoms with Crippen LogP contribution in [-0.2, 0) is 10.2 Å². The molecule has 0 spiro atoms. The fraction of sp³-hybridized carbons (Fsp3) is 0.207. The minimum absolute atomic E-state index is 0.287.